The summed E-state index contributed by atoms with van der Waals surface area (Å²) in [5, 5.41) is 1.12. The number of hydrogen-bond donors (Lipinski definition) is 1. The van der Waals surface area contributed by atoms with Crippen LogP contribution in [0.4, 0.5) is 5.69 Å². The van der Waals surface area contributed by atoms with Gasteiger partial charge in [-0.3, -0.25) is 4.79 Å². The highest BCUT2D eigenvalue weighted by molar-refractivity contribution is 5.97. The van der Waals surface area contributed by atoms with E-state index in [-0.39, 0.29) is 12.0 Å². The van der Waals surface area contributed by atoms with Crippen molar-refractivity contribution in [2.24, 2.45) is 5.92 Å². The highest BCUT2D eigenvalue weighted by Crippen LogP contribution is 2.35. The van der Waals surface area contributed by atoms with Crippen LogP contribution >= 0.6 is 0 Å². The number of fused-ring (bicyclic) bond motifs is 2. The van der Waals surface area contributed by atoms with Gasteiger partial charge in [0.25, 0.3) is 0 Å². The number of anilines is 1. The van der Waals surface area contributed by atoms with Crippen LogP contribution in [-0.2, 0) is 11.2 Å². The lowest BCUT2D eigenvalue weighted by atomic mass is 9.86. The molecule has 2 aromatic carbocycles. The SMILES string of the molecule is CN(CCOc1cccc2[nH]ccc12)CC1CCc2ccccc2N1C(=O)C1CCCCC1. The summed E-state index contributed by atoms with van der Waals surface area (Å²) in [7, 11) is 2.14. The van der Waals surface area contributed by atoms with Crippen LogP contribution in [0.25, 0.3) is 10.9 Å². The summed E-state index contributed by atoms with van der Waals surface area (Å²) in [5.41, 5.74) is 3.54. The Morgan fingerprint density at radius 1 is 1.06 bits per heavy atom. The molecule has 174 valence electrons. The van der Waals surface area contributed by atoms with Crippen molar-refractivity contribution < 1.29 is 9.53 Å². The molecule has 1 unspecified atom stereocenters. The first-order valence-electron chi connectivity index (χ1n) is 12.5. The van der Waals surface area contributed by atoms with E-state index >= 15 is 0 Å². The second kappa shape index (κ2) is 10.0. The van der Waals surface area contributed by atoms with Gasteiger partial charge in [0, 0.05) is 47.8 Å². The smallest absolute Gasteiger partial charge is 0.230 e. The Morgan fingerprint density at radius 3 is 2.79 bits per heavy atom. The summed E-state index contributed by atoms with van der Waals surface area (Å²) in [6.07, 6.45) is 9.71. The van der Waals surface area contributed by atoms with Gasteiger partial charge in [-0.15, -0.1) is 0 Å². The molecule has 5 rings (SSSR count). The maximum absolute atomic E-state index is 13.7. The van der Waals surface area contributed by atoms with E-state index < -0.39 is 0 Å². The summed E-state index contributed by atoms with van der Waals surface area (Å²) in [6, 6.07) is 16.9. The monoisotopic (exact) mass is 445 g/mol. The van der Waals surface area contributed by atoms with Gasteiger partial charge in [0.2, 0.25) is 5.91 Å². The fourth-order valence-electron chi connectivity index (χ4n) is 5.57. The number of H-pyrrole nitrogens is 1. The van der Waals surface area contributed by atoms with Crippen molar-refractivity contribution in [1.82, 2.24) is 9.88 Å². The number of nitrogens with one attached hydrogen (secondary N) is 1. The first-order valence-corrected chi connectivity index (χ1v) is 12.5. The third kappa shape index (κ3) is 4.79. The van der Waals surface area contributed by atoms with Crippen LogP contribution in [0, 0.1) is 5.92 Å². The molecule has 1 fully saturated rings. The zero-order valence-corrected chi connectivity index (χ0v) is 19.6. The number of nitrogens with zero attached hydrogens (tertiary/aromatic N) is 2. The molecule has 0 bridgehead atoms. The normalized spacial score (nSPS) is 19.1. The number of benzene rings is 2. The van der Waals surface area contributed by atoms with Gasteiger partial charge in [-0.25, -0.2) is 0 Å². The Hall–Kier alpha value is -2.79. The molecule has 2 heterocycles. The van der Waals surface area contributed by atoms with Crippen LogP contribution in [-0.4, -0.2) is 48.6 Å². The Bertz CT molecular complexity index is 1090. The molecule has 1 saturated carbocycles. The molecule has 1 aliphatic carbocycles. The fourth-order valence-corrected chi connectivity index (χ4v) is 5.57. The summed E-state index contributed by atoms with van der Waals surface area (Å²) < 4.78 is 6.12. The number of carbonyl (C=O) groups excluding carboxylic acids is 1. The minimum absolute atomic E-state index is 0.183. The lowest BCUT2D eigenvalue weighted by Crippen LogP contribution is -2.51. The maximum atomic E-state index is 13.7. The Labute approximate surface area is 196 Å². The Morgan fingerprint density at radius 2 is 1.91 bits per heavy atom. The molecular weight excluding hydrogens is 410 g/mol. The van der Waals surface area contributed by atoms with Gasteiger partial charge < -0.3 is 19.5 Å². The number of aromatic nitrogens is 1. The van der Waals surface area contributed by atoms with Gasteiger partial charge in [-0.05, 0) is 62.6 Å². The molecule has 2 aliphatic rings. The molecule has 1 amide bonds. The minimum atomic E-state index is 0.183. The van der Waals surface area contributed by atoms with Crippen LogP contribution in [0.5, 0.6) is 5.75 Å². The zero-order chi connectivity index (χ0) is 22.6. The third-order valence-electron chi connectivity index (χ3n) is 7.36. The number of hydrogen-bond acceptors (Lipinski definition) is 3. The van der Waals surface area contributed by atoms with Crippen LogP contribution in [0.15, 0.2) is 54.7 Å². The Balaban J connectivity index is 1.25. The van der Waals surface area contributed by atoms with Crippen LogP contribution in [0.2, 0.25) is 0 Å². The fraction of sp³-hybridized carbons (Fsp3) is 0.464. The molecule has 1 aliphatic heterocycles. The van der Waals surface area contributed by atoms with E-state index in [1.54, 1.807) is 0 Å². The standard InChI is InChI=1S/C28H35N3O2/c1-30(18-19-33-27-13-7-11-25-24(27)16-17-29-25)20-23-15-14-21-8-5-6-12-26(21)31(23)28(32)22-9-3-2-4-10-22/h5-8,11-13,16-17,22-23,29H,2-4,9-10,14-15,18-20H2,1H3. The quantitative estimate of drug-likeness (QED) is 0.529. The van der Waals surface area contributed by atoms with Crippen molar-refractivity contribution in [3.63, 3.8) is 0 Å². The number of carbonyl (C=O) groups is 1. The molecule has 0 radical (unpaired) electrons. The average molecular weight is 446 g/mol. The van der Waals surface area contributed by atoms with E-state index in [1.807, 2.05) is 18.3 Å². The Kier molecular flexibility index (Phi) is 6.68. The lowest BCUT2D eigenvalue weighted by Gasteiger charge is -2.41. The second-order valence-corrected chi connectivity index (χ2v) is 9.67. The molecule has 1 atom stereocenters. The number of ether oxygens (including phenoxy) is 1. The summed E-state index contributed by atoms with van der Waals surface area (Å²) in [6.45, 7) is 2.32. The van der Waals surface area contributed by atoms with Crippen LogP contribution < -0.4 is 9.64 Å². The number of rotatable bonds is 7. The highest BCUT2D eigenvalue weighted by atomic mass is 16.5. The van der Waals surface area contributed by atoms with Crippen LogP contribution in [0.3, 0.4) is 0 Å². The van der Waals surface area contributed by atoms with Crippen molar-refractivity contribution in [3.8, 4) is 5.75 Å². The van der Waals surface area contributed by atoms with E-state index in [9.17, 15) is 4.79 Å². The highest BCUT2D eigenvalue weighted by Gasteiger charge is 2.35. The van der Waals surface area contributed by atoms with Gasteiger partial charge in [-0.2, -0.15) is 0 Å². The molecule has 5 heteroatoms. The number of aryl methyl sites for hydroxylation is 1. The topological polar surface area (TPSA) is 48.6 Å². The van der Waals surface area contributed by atoms with Crippen molar-refractivity contribution in [2.45, 2.75) is 51.0 Å². The first kappa shape index (κ1) is 22.0. The lowest BCUT2D eigenvalue weighted by molar-refractivity contribution is -0.124. The molecule has 3 aromatic rings. The minimum Gasteiger partial charge on any atom is -0.492 e. The maximum Gasteiger partial charge on any atom is 0.230 e. The predicted octanol–water partition coefficient (Wildman–Crippen LogP) is 5.41. The zero-order valence-electron chi connectivity index (χ0n) is 19.6. The molecule has 0 spiro atoms. The van der Waals surface area contributed by atoms with E-state index in [1.165, 1.54) is 24.8 Å². The van der Waals surface area contributed by atoms with Crippen molar-refractivity contribution in [1.29, 1.82) is 0 Å². The van der Waals surface area contributed by atoms with Gasteiger partial charge in [-0.1, -0.05) is 43.5 Å². The van der Waals surface area contributed by atoms with E-state index in [2.05, 4.69) is 58.2 Å². The predicted molar refractivity (Wildman–Crippen MR) is 134 cm³/mol. The van der Waals surface area contributed by atoms with Crippen molar-refractivity contribution >= 4 is 22.5 Å². The number of likely N-dealkylation sites (N-methyl/N-ethyl adjacent to an activating group) is 1. The van der Waals surface area contributed by atoms with Crippen molar-refractivity contribution in [2.75, 3.05) is 31.6 Å². The number of para-hydroxylation sites is 1. The largest absolute Gasteiger partial charge is 0.492 e. The van der Waals surface area contributed by atoms with Gasteiger partial charge in [0.1, 0.15) is 12.4 Å². The van der Waals surface area contributed by atoms with Gasteiger partial charge in [0.05, 0.1) is 0 Å². The molecule has 5 nitrogen and oxygen atoms in total. The average Bonchev–Trinajstić information content (AvgIpc) is 3.34. The number of amides is 1. The molecule has 0 saturated heterocycles. The molecule has 33 heavy (non-hydrogen) atoms. The second-order valence-electron chi connectivity index (χ2n) is 9.67. The summed E-state index contributed by atoms with van der Waals surface area (Å²) in [4.78, 5) is 21.4. The molecule has 1 N–H and O–H groups in total. The van der Waals surface area contributed by atoms with Crippen molar-refractivity contribution in [3.05, 3.63) is 60.3 Å². The van der Waals surface area contributed by atoms with E-state index in [0.29, 0.717) is 12.5 Å². The van der Waals surface area contributed by atoms with Gasteiger partial charge >= 0.3 is 0 Å². The first-order chi connectivity index (χ1) is 16.2. The summed E-state index contributed by atoms with van der Waals surface area (Å²) >= 11 is 0. The van der Waals surface area contributed by atoms with E-state index in [4.69, 9.17) is 4.74 Å². The van der Waals surface area contributed by atoms with Crippen LogP contribution in [0.1, 0.15) is 44.1 Å². The molecular formula is C28H35N3O2. The number of aromatic amines is 1. The summed E-state index contributed by atoms with van der Waals surface area (Å²) in [5.74, 6) is 1.45. The third-order valence-corrected chi connectivity index (χ3v) is 7.36. The van der Waals surface area contributed by atoms with Gasteiger partial charge in [0.15, 0.2) is 0 Å². The molecule has 1 aromatic heterocycles. The van der Waals surface area contributed by atoms with E-state index in [0.717, 1.165) is 61.1 Å².